The summed E-state index contributed by atoms with van der Waals surface area (Å²) in [6.07, 6.45) is -0.866. The molecule has 0 amide bonds. The Morgan fingerprint density at radius 1 is 0.564 bits per heavy atom. The Balaban J connectivity index is 1.46. The van der Waals surface area contributed by atoms with Crippen molar-refractivity contribution >= 4 is 6.21 Å². The predicted octanol–water partition coefficient (Wildman–Crippen LogP) is 5.94. The third kappa shape index (κ3) is 10.1. The summed E-state index contributed by atoms with van der Waals surface area (Å²) in [7, 11) is 0. The largest absolute Gasteiger partial charge is 0.391 e. The lowest BCUT2D eigenvalue weighted by Crippen LogP contribution is -2.44. The van der Waals surface area contributed by atoms with E-state index in [1.54, 1.807) is 6.21 Å². The lowest BCUT2D eigenvalue weighted by atomic mass is 10.1. The molecule has 0 spiro atoms. The Kier molecular flexibility index (Phi) is 11.7. The van der Waals surface area contributed by atoms with Gasteiger partial charge >= 0.3 is 0 Å². The number of nitrogens with zero attached hydrogens (tertiary/aromatic N) is 1. The van der Waals surface area contributed by atoms with Crippen molar-refractivity contribution in [3.8, 4) is 0 Å². The highest BCUT2D eigenvalue weighted by Crippen LogP contribution is 2.16. The number of rotatable bonds is 16. The van der Waals surface area contributed by atoms with E-state index in [-0.39, 0.29) is 6.61 Å². The molecule has 4 rings (SSSR count). The minimum absolute atomic E-state index is 0.0677. The van der Waals surface area contributed by atoms with Crippen LogP contribution in [-0.4, -0.2) is 36.2 Å². The lowest BCUT2D eigenvalue weighted by Gasteiger charge is -2.29. The normalized spacial score (nSPS) is 13.7. The van der Waals surface area contributed by atoms with E-state index in [0.29, 0.717) is 26.4 Å². The van der Waals surface area contributed by atoms with Crippen molar-refractivity contribution in [1.82, 2.24) is 0 Å². The van der Waals surface area contributed by atoms with E-state index in [1.807, 2.05) is 121 Å². The fraction of sp³-hybridized carbons (Fsp3) is 0.242. The molecule has 0 saturated carbocycles. The molecule has 0 heterocycles. The zero-order chi connectivity index (χ0) is 27.0. The van der Waals surface area contributed by atoms with Crippen molar-refractivity contribution in [2.75, 3.05) is 6.61 Å². The highest BCUT2D eigenvalue weighted by molar-refractivity contribution is 5.63. The minimum Gasteiger partial charge on any atom is -0.391 e. The van der Waals surface area contributed by atoms with Gasteiger partial charge in [-0.15, -0.1) is 0 Å². The molecule has 4 aromatic rings. The summed E-state index contributed by atoms with van der Waals surface area (Å²) in [5.74, 6) is 0. The highest BCUT2D eigenvalue weighted by atomic mass is 16.6. The second-order valence-electron chi connectivity index (χ2n) is 9.10. The van der Waals surface area contributed by atoms with E-state index in [2.05, 4.69) is 5.16 Å². The van der Waals surface area contributed by atoms with E-state index in [1.165, 1.54) is 0 Å². The predicted molar refractivity (Wildman–Crippen MR) is 152 cm³/mol. The molecule has 0 aliphatic carbocycles. The topological polar surface area (TPSA) is 69.5 Å². The van der Waals surface area contributed by atoms with E-state index in [4.69, 9.17) is 19.0 Å². The lowest BCUT2D eigenvalue weighted by molar-refractivity contribution is -0.127. The van der Waals surface area contributed by atoms with Crippen LogP contribution in [0.2, 0.25) is 0 Å². The highest BCUT2D eigenvalue weighted by Gasteiger charge is 2.30. The van der Waals surface area contributed by atoms with Crippen LogP contribution in [0.1, 0.15) is 22.3 Å². The number of aliphatic hydroxyl groups excluding tert-OH is 1. The van der Waals surface area contributed by atoms with Crippen LogP contribution in [0.5, 0.6) is 0 Å². The Morgan fingerprint density at radius 2 is 1.00 bits per heavy atom. The molecular formula is C33H35NO5. The van der Waals surface area contributed by atoms with Gasteiger partial charge in [-0.25, -0.2) is 0 Å². The molecule has 6 nitrogen and oxygen atoms in total. The number of benzene rings is 4. The first-order valence-corrected chi connectivity index (χ1v) is 13.1. The van der Waals surface area contributed by atoms with E-state index >= 15 is 0 Å². The van der Waals surface area contributed by atoms with Crippen molar-refractivity contribution in [3.63, 3.8) is 0 Å². The van der Waals surface area contributed by atoms with Crippen molar-refractivity contribution in [2.24, 2.45) is 5.16 Å². The van der Waals surface area contributed by atoms with Crippen LogP contribution in [-0.2, 0) is 45.5 Å². The maximum absolute atomic E-state index is 11.2. The molecular weight excluding hydrogens is 490 g/mol. The summed E-state index contributed by atoms with van der Waals surface area (Å²) in [4.78, 5) is 5.55. The molecule has 39 heavy (non-hydrogen) atoms. The fourth-order valence-electron chi connectivity index (χ4n) is 3.94. The fourth-order valence-corrected chi connectivity index (χ4v) is 3.94. The summed E-state index contributed by atoms with van der Waals surface area (Å²) in [5, 5.41) is 15.4. The zero-order valence-electron chi connectivity index (χ0n) is 21.9. The molecule has 0 aliphatic rings. The first-order chi connectivity index (χ1) is 19.3. The van der Waals surface area contributed by atoms with Crippen molar-refractivity contribution in [2.45, 2.75) is 44.7 Å². The van der Waals surface area contributed by atoms with Gasteiger partial charge in [-0.1, -0.05) is 126 Å². The van der Waals surface area contributed by atoms with E-state index < -0.39 is 18.3 Å². The van der Waals surface area contributed by atoms with Gasteiger partial charge in [-0.05, 0) is 22.3 Å². The van der Waals surface area contributed by atoms with Crippen molar-refractivity contribution in [3.05, 3.63) is 144 Å². The number of oxime groups is 1. The Labute approximate surface area is 230 Å². The summed E-state index contributed by atoms with van der Waals surface area (Å²) in [5.41, 5.74) is 4.01. The second-order valence-corrected chi connectivity index (χ2v) is 9.10. The quantitative estimate of drug-likeness (QED) is 0.145. The SMILES string of the molecule is O[C@H](COCc1ccccc1)[C@@H](OCc1ccccc1)[C@@H](/C=N/OCc1ccccc1)OCc1ccccc1. The summed E-state index contributed by atoms with van der Waals surface area (Å²) < 4.78 is 18.4. The van der Waals surface area contributed by atoms with Crippen molar-refractivity contribution in [1.29, 1.82) is 0 Å². The van der Waals surface area contributed by atoms with Crippen LogP contribution < -0.4 is 0 Å². The summed E-state index contributed by atoms with van der Waals surface area (Å²) in [6, 6.07) is 39.3. The van der Waals surface area contributed by atoms with E-state index in [9.17, 15) is 5.11 Å². The average Bonchev–Trinajstić information content (AvgIpc) is 3.00. The van der Waals surface area contributed by atoms with E-state index in [0.717, 1.165) is 22.3 Å². The molecule has 0 aromatic heterocycles. The van der Waals surface area contributed by atoms with Gasteiger partial charge in [0.05, 0.1) is 32.6 Å². The molecule has 202 valence electrons. The first kappa shape index (κ1) is 28.2. The number of hydrogen-bond acceptors (Lipinski definition) is 6. The third-order valence-corrected chi connectivity index (χ3v) is 6.03. The standard InChI is InChI=1S/C33H35NO5/c35-31(26-36-22-27-13-5-1-6-14-27)33(38-24-29-17-9-3-10-18-29)32(37-23-28-15-7-2-8-16-28)21-34-39-25-30-19-11-4-12-20-30/h1-21,31-33,35H,22-26H2/b34-21+/t31-,32-,33-/m1/s1. The monoisotopic (exact) mass is 525 g/mol. The summed E-state index contributed by atoms with van der Waals surface area (Å²) >= 11 is 0. The average molecular weight is 526 g/mol. The minimum atomic E-state index is -0.973. The van der Waals surface area contributed by atoms with Crippen LogP contribution >= 0.6 is 0 Å². The number of hydrogen-bond donors (Lipinski definition) is 1. The molecule has 0 radical (unpaired) electrons. The Morgan fingerprint density at radius 3 is 1.51 bits per heavy atom. The van der Waals surface area contributed by atoms with Crippen molar-refractivity contribution < 1.29 is 24.2 Å². The van der Waals surface area contributed by atoms with Gasteiger partial charge in [-0.3, -0.25) is 0 Å². The smallest absolute Gasteiger partial charge is 0.142 e. The van der Waals surface area contributed by atoms with Gasteiger partial charge in [0, 0.05) is 0 Å². The second kappa shape index (κ2) is 16.2. The number of aliphatic hydroxyl groups is 1. The van der Waals surface area contributed by atoms with Gasteiger partial charge in [0.1, 0.15) is 24.9 Å². The van der Waals surface area contributed by atoms with Crippen LogP contribution in [0.25, 0.3) is 0 Å². The molecule has 0 fully saturated rings. The third-order valence-electron chi connectivity index (χ3n) is 6.03. The van der Waals surface area contributed by atoms with Crippen LogP contribution in [0.4, 0.5) is 0 Å². The maximum atomic E-state index is 11.2. The first-order valence-electron chi connectivity index (χ1n) is 13.1. The molecule has 0 aliphatic heterocycles. The molecule has 1 N–H and O–H groups in total. The molecule has 3 atom stereocenters. The molecule has 6 heteroatoms. The number of ether oxygens (including phenoxy) is 3. The molecule has 0 saturated heterocycles. The molecule has 4 aromatic carbocycles. The Hall–Kier alpha value is -3.81. The summed E-state index contributed by atoms with van der Waals surface area (Å²) in [6.45, 7) is 1.39. The van der Waals surface area contributed by atoms with Gasteiger partial charge in [0.25, 0.3) is 0 Å². The van der Waals surface area contributed by atoms with Gasteiger partial charge in [-0.2, -0.15) is 0 Å². The Bertz CT molecular complexity index is 1210. The maximum Gasteiger partial charge on any atom is 0.142 e. The van der Waals surface area contributed by atoms with Crippen LogP contribution in [0.3, 0.4) is 0 Å². The van der Waals surface area contributed by atoms with Gasteiger partial charge in [0.2, 0.25) is 0 Å². The molecule has 0 bridgehead atoms. The molecule has 0 unspecified atom stereocenters. The van der Waals surface area contributed by atoms with Crippen LogP contribution in [0.15, 0.2) is 126 Å². The van der Waals surface area contributed by atoms with Gasteiger partial charge in [0.15, 0.2) is 0 Å². The zero-order valence-corrected chi connectivity index (χ0v) is 21.9. The van der Waals surface area contributed by atoms with Gasteiger partial charge < -0.3 is 24.2 Å². The van der Waals surface area contributed by atoms with Crippen LogP contribution in [0, 0.1) is 0 Å².